The van der Waals surface area contributed by atoms with Crippen LogP contribution in [0.1, 0.15) is 42.1 Å². The van der Waals surface area contributed by atoms with Crippen molar-refractivity contribution >= 4 is 11.6 Å². The Morgan fingerprint density at radius 3 is 2.39 bits per heavy atom. The third kappa shape index (κ3) is 6.76. The number of nitrogens with zero attached hydrogens (tertiary/aromatic N) is 1. The van der Waals surface area contributed by atoms with Crippen LogP contribution >= 0.6 is 11.6 Å². The Kier molecular flexibility index (Phi) is 9.60. The van der Waals surface area contributed by atoms with Gasteiger partial charge in [0.1, 0.15) is 49.0 Å². The van der Waals surface area contributed by atoms with E-state index in [9.17, 15) is 25.5 Å². The molecule has 2 aromatic rings. The summed E-state index contributed by atoms with van der Waals surface area (Å²) in [6.07, 6.45) is -2.46. The van der Waals surface area contributed by atoms with Gasteiger partial charge in [0.2, 0.25) is 0 Å². The summed E-state index contributed by atoms with van der Waals surface area (Å²) in [5, 5.41) is 50.9. The molecule has 0 amide bonds. The maximum absolute atomic E-state index is 10.5. The molecule has 5 N–H and O–H groups in total. The van der Waals surface area contributed by atoms with Gasteiger partial charge in [-0.05, 0) is 67.2 Å². The average molecular weight is 522 g/mol. The van der Waals surface area contributed by atoms with Crippen LogP contribution in [0.25, 0.3) is 0 Å². The molecule has 4 rings (SSSR count). The monoisotopic (exact) mass is 521 g/mol. The number of aliphatic hydroxyl groups is 5. The van der Waals surface area contributed by atoms with Gasteiger partial charge in [0.05, 0.1) is 6.61 Å². The summed E-state index contributed by atoms with van der Waals surface area (Å²) in [5.41, 5.74) is 2.38. The summed E-state index contributed by atoms with van der Waals surface area (Å²) in [6, 6.07) is 12.8. The highest BCUT2D eigenvalue weighted by molar-refractivity contribution is 6.31. The molecule has 2 aromatic carbocycles. The summed E-state index contributed by atoms with van der Waals surface area (Å²) < 4.78 is 11.5. The summed E-state index contributed by atoms with van der Waals surface area (Å²) in [6.45, 7) is 2.45. The van der Waals surface area contributed by atoms with Crippen molar-refractivity contribution in [1.82, 2.24) is 4.90 Å². The predicted octanol–water partition coefficient (Wildman–Crippen LogP) is 1.67. The predicted molar refractivity (Wildman–Crippen MR) is 135 cm³/mol. The van der Waals surface area contributed by atoms with Gasteiger partial charge < -0.3 is 39.9 Å². The third-order valence-electron chi connectivity index (χ3n) is 6.97. The Hall–Kier alpha value is -1.75. The van der Waals surface area contributed by atoms with Gasteiger partial charge in [0.15, 0.2) is 0 Å². The zero-order valence-electron chi connectivity index (χ0n) is 20.2. The molecular weight excluding hydrogens is 486 g/mol. The largest absolute Gasteiger partial charge is 0.491 e. The van der Waals surface area contributed by atoms with Crippen LogP contribution in [0.5, 0.6) is 5.75 Å². The number of β-amino-alcohol motifs (C(OH)–C–C–N with tert-alkyl or cyclic N) is 1. The van der Waals surface area contributed by atoms with Crippen molar-refractivity contribution in [1.29, 1.82) is 0 Å². The van der Waals surface area contributed by atoms with Crippen molar-refractivity contribution < 1.29 is 35.0 Å². The van der Waals surface area contributed by atoms with Gasteiger partial charge >= 0.3 is 0 Å². The molecule has 0 unspecified atom stereocenters. The standard InChI is InChI=1S/C27H36ClNO7/c28-22-9-6-18(27-26(34)25(33)24(32)23(15-30)36-27)13-19(22)12-17-4-7-21(8-5-17)35-16-20(31)14-29-10-2-1-3-11-29/h4-9,13,20,23-27,30-34H,1-3,10-12,14-16H2/t20-,23-,24-,25+,26-,27+/m1/s1. The molecule has 0 aromatic heterocycles. The molecule has 2 saturated heterocycles. The van der Waals surface area contributed by atoms with E-state index in [-0.39, 0.29) is 6.61 Å². The fourth-order valence-electron chi connectivity index (χ4n) is 4.89. The minimum absolute atomic E-state index is 0.239. The van der Waals surface area contributed by atoms with Crippen molar-refractivity contribution in [2.24, 2.45) is 0 Å². The lowest BCUT2D eigenvalue weighted by atomic mass is 9.90. The van der Waals surface area contributed by atoms with E-state index in [2.05, 4.69) is 4.90 Å². The first-order valence-corrected chi connectivity index (χ1v) is 12.9. The van der Waals surface area contributed by atoms with Crippen LogP contribution in [-0.2, 0) is 11.2 Å². The van der Waals surface area contributed by atoms with Crippen LogP contribution in [-0.4, -0.2) is 93.8 Å². The highest BCUT2D eigenvalue weighted by Crippen LogP contribution is 2.34. The molecule has 2 aliphatic heterocycles. The Morgan fingerprint density at radius 2 is 1.69 bits per heavy atom. The van der Waals surface area contributed by atoms with Gasteiger partial charge in [-0.3, -0.25) is 0 Å². The van der Waals surface area contributed by atoms with E-state index < -0.39 is 43.2 Å². The smallest absolute Gasteiger partial charge is 0.119 e. The molecule has 36 heavy (non-hydrogen) atoms. The van der Waals surface area contributed by atoms with E-state index in [1.165, 1.54) is 19.3 Å². The second-order valence-corrected chi connectivity index (χ2v) is 10.2. The fraction of sp³-hybridized carbons (Fsp3) is 0.556. The molecule has 198 valence electrons. The lowest BCUT2D eigenvalue weighted by Crippen LogP contribution is -2.55. The Morgan fingerprint density at radius 1 is 0.972 bits per heavy atom. The summed E-state index contributed by atoms with van der Waals surface area (Å²) >= 11 is 6.44. The second-order valence-electron chi connectivity index (χ2n) is 9.75. The van der Waals surface area contributed by atoms with Gasteiger partial charge in [0.25, 0.3) is 0 Å². The molecule has 0 spiro atoms. The van der Waals surface area contributed by atoms with Crippen LogP contribution in [0.4, 0.5) is 0 Å². The van der Waals surface area contributed by atoms with Crippen LogP contribution < -0.4 is 4.74 Å². The fourth-order valence-corrected chi connectivity index (χ4v) is 5.08. The number of piperidine rings is 1. The third-order valence-corrected chi connectivity index (χ3v) is 7.34. The molecule has 8 nitrogen and oxygen atoms in total. The first kappa shape index (κ1) is 27.3. The molecule has 0 radical (unpaired) electrons. The number of hydrogen-bond donors (Lipinski definition) is 5. The molecule has 0 saturated carbocycles. The SMILES string of the molecule is OC[C@H]1O[C@@H](c2ccc(Cl)c(Cc3ccc(OC[C@H](O)CN4CCCCC4)cc3)c2)[C@H](O)[C@@H](O)[C@@H]1O. The number of rotatable bonds is 9. The lowest BCUT2D eigenvalue weighted by Gasteiger charge is -2.40. The number of aliphatic hydroxyl groups excluding tert-OH is 5. The van der Waals surface area contributed by atoms with Gasteiger partial charge in [-0.2, -0.15) is 0 Å². The quantitative estimate of drug-likeness (QED) is 0.338. The Bertz CT molecular complexity index is 967. The zero-order valence-corrected chi connectivity index (χ0v) is 21.0. The minimum atomic E-state index is -1.44. The van der Waals surface area contributed by atoms with Crippen molar-refractivity contribution in [2.45, 2.75) is 62.3 Å². The van der Waals surface area contributed by atoms with Crippen LogP contribution in [0.2, 0.25) is 5.02 Å². The minimum Gasteiger partial charge on any atom is -0.491 e. The number of halogens is 1. The molecule has 0 aliphatic carbocycles. The number of likely N-dealkylation sites (tertiary alicyclic amines) is 1. The first-order chi connectivity index (χ1) is 17.4. The van der Waals surface area contributed by atoms with E-state index in [1.54, 1.807) is 18.2 Å². The van der Waals surface area contributed by atoms with Crippen molar-refractivity contribution in [3.63, 3.8) is 0 Å². The maximum atomic E-state index is 10.5. The lowest BCUT2D eigenvalue weighted by molar-refractivity contribution is -0.231. The second kappa shape index (κ2) is 12.7. The molecule has 2 aliphatic rings. The summed E-state index contributed by atoms with van der Waals surface area (Å²) in [5.74, 6) is 0.678. The molecule has 6 atom stereocenters. The van der Waals surface area contributed by atoms with E-state index in [4.69, 9.17) is 21.1 Å². The maximum Gasteiger partial charge on any atom is 0.119 e. The number of hydrogen-bond acceptors (Lipinski definition) is 8. The Balaban J connectivity index is 1.36. The van der Waals surface area contributed by atoms with Crippen LogP contribution in [0.3, 0.4) is 0 Å². The number of ether oxygens (including phenoxy) is 2. The molecule has 2 fully saturated rings. The van der Waals surface area contributed by atoms with E-state index in [0.29, 0.717) is 29.3 Å². The molecule has 2 heterocycles. The van der Waals surface area contributed by atoms with Gasteiger partial charge in [-0.15, -0.1) is 0 Å². The zero-order chi connectivity index (χ0) is 25.7. The molecule has 9 heteroatoms. The topological polar surface area (TPSA) is 123 Å². The number of benzene rings is 2. The first-order valence-electron chi connectivity index (χ1n) is 12.6. The highest BCUT2D eigenvalue weighted by Gasteiger charge is 2.44. The highest BCUT2D eigenvalue weighted by atomic mass is 35.5. The average Bonchev–Trinajstić information content (AvgIpc) is 2.89. The van der Waals surface area contributed by atoms with Gasteiger partial charge in [-0.1, -0.05) is 42.3 Å². The normalized spacial score (nSPS) is 28.1. The van der Waals surface area contributed by atoms with E-state index in [1.807, 2.05) is 24.3 Å². The summed E-state index contributed by atoms with van der Waals surface area (Å²) in [4.78, 5) is 2.28. The van der Waals surface area contributed by atoms with Gasteiger partial charge in [0, 0.05) is 11.6 Å². The van der Waals surface area contributed by atoms with Crippen molar-refractivity contribution in [3.8, 4) is 5.75 Å². The van der Waals surface area contributed by atoms with Crippen LogP contribution in [0.15, 0.2) is 42.5 Å². The molecular formula is C27H36ClNO7. The van der Waals surface area contributed by atoms with E-state index >= 15 is 0 Å². The van der Waals surface area contributed by atoms with E-state index in [0.717, 1.165) is 24.2 Å². The Labute approximate surface area is 216 Å². The molecule has 0 bridgehead atoms. The van der Waals surface area contributed by atoms with Crippen molar-refractivity contribution in [2.75, 3.05) is 32.8 Å². The summed E-state index contributed by atoms with van der Waals surface area (Å²) in [7, 11) is 0. The van der Waals surface area contributed by atoms with Crippen molar-refractivity contribution in [3.05, 3.63) is 64.2 Å². The van der Waals surface area contributed by atoms with Crippen LogP contribution in [0, 0.1) is 0 Å². The van der Waals surface area contributed by atoms with Gasteiger partial charge in [-0.25, -0.2) is 0 Å².